The predicted octanol–water partition coefficient (Wildman–Crippen LogP) is 2.87. The highest BCUT2D eigenvalue weighted by atomic mass is 19.1. The number of hydrogen-bond acceptors (Lipinski definition) is 2. The van der Waals surface area contributed by atoms with Crippen LogP contribution in [0, 0.1) is 16.7 Å². The van der Waals surface area contributed by atoms with Crippen molar-refractivity contribution in [3.63, 3.8) is 0 Å². The third-order valence-electron chi connectivity index (χ3n) is 2.86. The molecule has 0 radical (unpaired) electrons. The van der Waals surface area contributed by atoms with E-state index in [4.69, 9.17) is 0 Å². The SMILES string of the molecule is C=C(F)/C=C\C(=C)CC1(C#N)CCNCC1. The Hall–Kier alpha value is -1.40. The molecule has 1 rings (SSSR count). The molecule has 0 bridgehead atoms. The van der Waals surface area contributed by atoms with Crippen molar-refractivity contribution in [2.24, 2.45) is 5.41 Å². The van der Waals surface area contributed by atoms with Gasteiger partial charge in [0.25, 0.3) is 0 Å². The fourth-order valence-electron chi connectivity index (χ4n) is 1.94. The summed E-state index contributed by atoms with van der Waals surface area (Å²) < 4.78 is 12.4. The van der Waals surface area contributed by atoms with Crippen LogP contribution in [0.1, 0.15) is 19.3 Å². The number of nitrogens with one attached hydrogen (secondary N) is 1. The first-order valence-electron chi connectivity index (χ1n) is 5.40. The van der Waals surface area contributed by atoms with Crippen LogP contribution in [-0.2, 0) is 0 Å². The number of rotatable bonds is 4. The van der Waals surface area contributed by atoms with Gasteiger partial charge in [0.05, 0.1) is 11.5 Å². The van der Waals surface area contributed by atoms with E-state index in [0.29, 0.717) is 6.42 Å². The number of nitrogens with zero attached hydrogens (tertiary/aromatic N) is 1. The van der Waals surface area contributed by atoms with Gasteiger partial charge in [-0.2, -0.15) is 5.26 Å². The van der Waals surface area contributed by atoms with Gasteiger partial charge in [-0.15, -0.1) is 0 Å². The Balaban J connectivity index is 2.60. The minimum absolute atomic E-state index is 0.329. The Morgan fingerprint density at radius 2 is 2.00 bits per heavy atom. The monoisotopic (exact) mass is 220 g/mol. The van der Waals surface area contributed by atoms with E-state index < -0.39 is 5.83 Å². The minimum Gasteiger partial charge on any atom is -0.317 e. The summed E-state index contributed by atoms with van der Waals surface area (Å²) in [5, 5.41) is 12.5. The third-order valence-corrected chi connectivity index (χ3v) is 2.86. The number of hydrogen-bond donors (Lipinski definition) is 1. The molecule has 86 valence electrons. The van der Waals surface area contributed by atoms with Crippen LogP contribution in [0.3, 0.4) is 0 Å². The van der Waals surface area contributed by atoms with Crippen molar-refractivity contribution in [1.82, 2.24) is 5.32 Å². The maximum atomic E-state index is 12.4. The van der Waals surface area contributed by atoms with Gasteiger partial charge in [-0.05, 0) is 38.4 Å². The van der Waals surface area contributed by atoms with Crippen molar-refractivity contribution in [3.8, 4) is 6.07 Å². The van der Waals surface area contributed by atoms with E-state index >= 15 is 0 Å². The van der Waals surface area contributed by atoms with Gasteiger partial charge in [0, 0.05) is 0 Å². The molecule has 2 nitrogen and oxygen atoms in total. The average molecular weight is 220 g/mol. The molecule has 3 heteroatoms. The lowest BCUT2D eigenvalue weighted by Crippen LogP contribution is -2.35. The maximum absolute atomic E-state index is 12.4. The summed E-state index contributed by atoms with van der Waals surface area (Å²) in [4.78, 5) is 0. The second-order valence-electron chi connectivity index (χ2n) is 4.26. The van der Waals surface area contributed by atoms with Crippen molar-refractivity contribution in [2.45, 2.75) is 19.3 Å². The summed E-state index contributed by atoms with van der Waals surface area (Å²) in [6, 6.07) is 2.39. The summed E-state index contributed by atoms with van der Waals surface area (Å²) in [6.45, 7) is 8.71. The molecule has 1 N–H and O–H groups in total. The molecule has 0 aromatic carbocycles. The van der Waals surface area contributed by atoms with Crippen molar-refractivity contribution >= 4 is 0 Å². The molecule has 0 atom stereocenters. The predicted molar refractivity (Wildman–Crippen MR) is 63.3 cm³/mol. The van der Waals surface area contributed by atoms with Gasteiger partial charge in [-0.25, -0.2) is 4.39 Å². The van der Waals surface area contributed by atoms with Crippen molar-refractivity contribution < 1.29 is 4.39 Å². The average Bonchev–Trinajstić information content (AvgIpc) is 2.28. The summed E-state index contributed by atoms with van der Waals surface area (Å²) in [6.07, 6.45) is 5.15. The topological polar surface area (TPSA) is 35.8 Å². The van der Waals surface area contributed by atoms with Gasteiger partial charge in [0.1, 0.15) is 5.83 Å². The maximum Gasteiger partial charge on any atom is 0.116 e. The molecule has 1 aliphatic heterocycles. The van der Waals surface area contributed by atoms with E-state index in [1.807, 2.05) is 0 Å². The molecular weight excluding hydrogens is 203 g/mol. The normalized spacial score (nSPS) is 19.2. The van der Waals surface area contributed by atoms with Gasteiger partial charge >= 0.3 is 0 Å². The van der Waals surface area contributed by atoms with Gasteiger partial charge in [0.2, 0.25) is 0 Å². The molecule has 1 fully saturated rings. The molecule has 0 unspecified atom stereocenters. The first kappa shape index (κ1) is 12.7. The van der Waals surface area contributed by atoms with Crippen LogP contribution in [0.2, 0.25) is 0 Å². The van der Waals surface area contributed by atoms with E-state index in [-0.39, 0.29) is 5.41 Å². The lowest BCUT2D eigenvalue weighted by atomic mass is 9.75. The van der Waals surface area contributed by atoms with Crippen molar-refractivity contribution in [2.75, 3.05) is 13.1 Å². The molecule has 0 spiro atoms. The molecule has 1 saturated heterocycles. The lowest BCUT2D eigenvalue weighted by Gasteiger charge is -2.31. The molecule has 0 amide bonds. The standard InChI is InChI=1S/C13H17FN2/c1-11(3-4-12(2)14)9-13(10-15)5-7-16-8-6-13/h3-4,16H,1-2,5-9H2/b4-3-. The van der Waals surface area contributed by atoms with Gasteiger partial charge in [0.15, 0.2) is 0 Å². The summed E-state index contributed by atoms with van der Waals surface area (Å²) >= 11 is 0. The van der Waals surface area contributed by atoms with Crippen molar-refractivity contribution in [1.29, 1.82) is 5.26 Å². The van der Waals surface area contributed by atoms with Crippen LogP contribution >= 0.6 is 0 Å². The lowest BCUT2D eigenvalue weighted by molar-refractivity contribution is 0.282. The van der Waals surface area contributed by atoms with Crippen LogP contribution in [0.15, 0.2) is 36.7 Å². The highest BCUT2D eigenvalue weighted by Gasteiger charge is 2.31. The third kappa shape index (κ3) is 3.63. The summed E-state index contributed by atoms with van der Waals surface area (Å²) in [7, 11) is 0. The largest absolute Gasteiger partial charge is 0.317 e. The second kappa shape index (κ2) is 5.62. The summed E-state index contributed by atoms with van der Waals surface area (Å²) in [5.41, 5.74) is 0.451. The van der Waals surface area contributed by atoms with E-state index in [9.17, 15) is 9.65 Å². The molecular formula is C13H17FN2. The number of piperidine rings is 1. The zero-order chi connectivity index (χ0) is 12.0. The van der Waals surface area contributed by atoms with Crippen molar-refractivity contribution in [3.05, 3.63) is 36.7 Å². The quantitative estimate of drug-likeness (QED) is 0.739. The molecule has 16 heavy (non-hydrogen) atoms. The molecule has 1 heterocycles. The van der Waals surface area contributed by atoms with Crippen LogP contribution in [0.25, 0.3) is 0 Å². The van der Waals surface area contributed by atoms with Crippen LogP contribution in [-0.4, -0.2) is 13.1 Å². The number of nitriles is 1. The van der Waals surface area contributed by atoms with Gasteiger partial charge < -0.3 is 5.32 Å². The Bertz CT molecular complexity index is 343. The van der Waals surface area contributed by atoms with E-state index in [1.54, 1.807) is 6.08 Å². The fourth-order valence-corrected chi connectivity index (χ4v) is 1.94. The molecule has 0 aliphatic carbocycles. The van der Waals surface area contributed by atoms with E-state index in [2.05, 4.69) is 24.5 Å². The Morgan fingerprint density at radius 1 is 1.38 bits per heavy atom. The minimum atomic E-state index is -0.488. The van der Waals surface area contributed by atoms with Crippen LogP contribution in [0.5, 0.6) is 0 Å². The molecule has 0 aromatic heterocycles. The number of halogens is 1. The van der Waals surface area contributed by atoms with E-state index in [1.165, 1.54) is 6.08 Å². The van der Waals surface area contributed by atoms with E-state index in [0.717, 1.165) is 31.5 Å². The van der Waals surface area contributed by atoms with Gasteiger partial charge in [-0.1, -0.05) is 24.8 Å². The van der Waals surface area contributed by atoms with Crippen LogP contribution < -0.4 is 5.32 Å². The summed E-state index contributed by atoms with van der Waals surface area (Å²) in [5.74, 6) is -0.488. The zero-order valence-corrected chi connectivity index (χ0v) is 9.43. The molecule has 0 saturated carbocycles. The second-order valence-corrected chi connectivity index (χ2v) is 4.26. The smallest absolute Gasteiger partial charge is 0.116 e. The Morgan fingerprint density at radius 3 is 2.50 bits per heavy atom. The first-order chi connectivity index (χ1) is 7.58. The fraction of sp³-hybridized carbons (Fsp3) is 0.462. The number of allylic oxidation sites excluding steroid dienone is 4. The zero-order valence-electron chi connectivity index (χ0n) is 9.43. The first-order valence-corrected chi connectivity index (χ1v) is 5.40. The highest BCUT2D eigenvalue weighted by Crippen LogP contribution is 2.34. The molecule has 1 aliphatic rings. The Kier molecular flexibility index (Phi) is 4.45. The van der Waals surface area contributed by atoms with Crippen LogP contribution in [0.4, 0.5) is 4.39 Å². The Labute approximate surface area is 96.2 Å². The highest BCUT2D eigenvalue weighted by molar-refractivity contribution is 5.24. The molecule has 0 aromatic rings. The van der Waals surface area contributed by atoms with Gasteiger partial charge in [-0.3, -0.25) is 0 Å².